The molecular formula is C23H24ClNO3. The molecule has 0 fully saturated rings. The maximum Gasteiger partial charge on any atom is 0.244 e. The molecule has 0 saturated carbocycles. The maximum absolute atomic E-state index is 12.4. The van der Waals surface area contributed by atoms with E-state index < -0.39 is 0 Å². The van der Waals surface area contributed by atoms with Crippen molar-refractivity contribution in [2.75, 3.05) is 7.11 Å². The normalized spacial score (nSPS) is 11.7. The molecule has 0 saturated heterocycles. The van der Waals surface area contributed by atoms with Crippen LogP contribution in [0.1, 0.15) is 34.9 Å². The highest BCUT2D eigenvalue weighted by molar-refractivity contribution is 6.31. The van der Waals surface area contributed by atoms with Crippen LogP contribution in [0, 0.1) is 20.8 Å². The fourth-order valence-electron chi connectivity index (χ4n) is 3.32. The van der Waals surface area contributed by atoms with Gasteiger partial charge in [-0.2, -0.15) is 0 Å². The minimum atomic E-state index is -0.183. The Kier molecular flexibility index (Phi) is 5.80. The van der Waals surface area contributed by atoms with Gasteiger partial charge in [0, 0.05) is 34.2 Å². The molecule has 0 atom stereocenters. The van der Waals surface area contributed by atoms with Gasteiger partial charge in [0.05, 0.1) is 7.11 Å². The number of rotatable bonds is 5. The molecule has 0 aliphatic heterocycles. The quantitative estimate of drug-likeness (QED) is 0.558. The van der Waals surface area contributed by atoms with E-state index in [0.717, 1.165) is 44.6 Å². The van der Waals surface area contributed by atoms with Crippen molar-refractivity contribution in [2.24, 2.45) is 0 Å². The predicted octanol–water partition coefficient (Wildman–Crippen LogP) is 5.74. The van der Waals surface area contributed by atoms with Crippen molar-refractivity contribution in [3.63, 3.8) is 0 Å². The third-order valence-electron chi connectivity index (χ3n) is 5.03. The van der Waals surface area contributed by atoms with E-state index >= 15 is 0 Å². The van der Waals surface area contributed by atoms with Gasteiger partial charge in [-0.1, -0.05) is 29.8 Å². The molecule has 28 heavy (non-hydrogen) atoms. The summed E-state index contributed by atoms with van der Waals surface area (Å²) < 4.78 is 11.5. The lowest BCUT2D eigenvalue weighted by molar-refractivity contribution is -0.116. The summed E-state index contributed by atoms with van der Waals surface area (Å²) in [5, 5.41) is 4.56. The lowest BCUT2D eigenvalue weighted by atomic mass is 9.98. The zero-order valence-corrected chi connectivity index (χ0v) is 17.5. The number of amides is 1. The monoisotopic (exact) mass is 397 g/mol. The van der Waals surface area contributed by atoms with Gasteiger partial charge in [0.15, 0.2) is 0 Å². The summed E-state index contributed by atoms with van der Waals surface area (Å²) in [5.41, 5.74) is 5.42. The molecular weight excluding hydrogens is 374 g/mol. The number of nitrogens with one attached hydrogen (secondary N) is 1. The highest BCUT2D eigenvalue weighted by atomic mass is 35.5. The highest BCUT2D eigenvalue weighted by Gasteiger charge is 2.18. The first-order chi connectivity index (χ1) is 13.3. The zero-order valence-electron chi connectivity index (χ0n) is 16.8. The zero-order chi connectivity index (χ0) is 20.4. The van der Waals surface area contributed by atoms with Gasteiger partial charge in [0.2, 0.25) is 5.91 Å². The number of allylic oxidation sites excluding steroid dienone is 1. The van der Waals surface area contributed by atoms with Crippen LogP contribution in [0.5, 0.6) is 5.75 Å². The van der Waals surface area contributed by atoms with Gasteiger partial charge in [0.25, 0.3) is 0 Å². The van der Waals surface area contributed by atoms with Crippen LogP contribution in [-0.4, -0.2) is 13.0 Å². The van der Waals surface area contributed by atoms with Gasteiger partial charge in [-0.05, 0) is 56.5 Å². The Balaban J connectivity index is 1.91. The van der Waals surface area contributed by atoms with Crippen LogP contribution in [-0.2, 0) is 11.3 Å². The number of carbonyl (C=O) groups excluding carboxylic acids is 1. The standard InChI is InChI=1S/C23H24ClNO3/c1-13(10-21(26)25-12-17-8-6-7-9-20(17)24)18-11-19-14(2)16(4)28-23(19)15(3)22(18)27-5/h6-11H,12H2,1-5H3,(H,25,26)/b13-10+. The van der Waals surface area contributed by atoms with Crippen molar-refractivity contribution in [3.8, 4) is 5.75 Å². The minimum Gasteiger partial charge on any atom is -0.496 e. The molecule has 4 nitrogen and oxygen atoms in total. The van der Waals surface area contributed by atoms with E-state index in [2.05, 4.69) is 5.32 Å². The molecule has 3 rings (SSSR count). The number of ether oxygens (including phenoxy) is 1. The third-order valence-corrected chi connectivity index (χ3v) is 5.40. The first-order valence-electron chi connectivity index (χ1n) is 9.10. The summed E-state index contributed by atoms with van der Waals surface area (Å²) in [5.74, 6) is 1.42. The van der Waals surface area contributed by atoms with Gasteiger partial charge in [-0.15, -0.1) is 0 Å². The number of furan rings is 1. The molecule has 0 bridgehead atoms. The van der Waals surface area contributed by atoms with Crippen molar-refractivity contribution in [1.82, 2.24) is 5.32 Å². The molecule has 2 aromatic carbocycles. The van der Waals surface area contributed by atoms with Gasteiger partial charge in [-0.25, -0.2) is 0 Å². The molecule has 0 aliphatic carbocycles. The summed E-state index contributed by atoms with van der Waals surface area (Å²) in [4.78, 5) is 12.4. The third kappa shape index (κ3) is 3.78. The van der Waals surface area contributed by atoms with Gasteiger partial charge in [-0.3, -0.25) is 4.79 Å². The van der Waals surface area contributed by atoms with E-state index in [0.29, 0.717) is 17.3 Å². The van der Waals surface area contributed by atoms with E-state index in [1.54, 1.807) is 13.2 Å². The molecule has 0 aliphatic rings. The molecule has 0 radical (unpaired) electrons. The molecule has 146 valence electrons. The van der Waals surface area contributed by atoms with Crippen LogP contribution in [0.2, 0.25) is 5.02 Å². The Morgan fingerprint density at radius 3 is 2.61 bits per heavy atom. The van der Waals surface area contributed by atoms with Gasteiger partial charge >= 0.3 is 0 Å². The highest BCUT2D eigenvalue weighted by Crippen LogP contribution is 2.38. The number of fused-ring (bicyclic) bond motifs is 1. The predicted molar refractivity (Wildman–Crippen MR) is 114 cm³/mol. The number of hydrogen-bond donors (Lipinski definition) is 1. The van der Waals surface area contributed by atoms with Crippen molar-refractivity contribution < 1.29 is 13.9 Å². The van der Waals surface area contributed by atoms with E-state index in [1.807, 2.05) is 58.0 Å². The number of carbonyl (C=O) groups is 1. The van der Waals surface area contributed by atoms with E-state index in [4.69, 9.17) is 20.8 Å². The lowest BCUT2D eigenvalue weighted by Gasteiger charge is -2.13. The van der Waals surface area contributed by atoms with Gasteiger partial charge < -0.3 is 14.5 Å². The Labute approximate surface area is 170 Å². The van der Waals surface area contributed by atoms with E-state index in [1.165, 1.54) is 0 Å². The fourth-order valence-corrected chi connectivity index (χ4v) is 3.52. The van der Waals surface area contributed by atoms with Crippen molar-refractivity contribution in [2.45, 2.75) is 34.2 Å². The average Bonchev–Trinajstić information content (AvgIpc) is 2.96. The maximum atomic E-state index is 12.4. The lowest BCUT2D eigenvalue weighted by Crippen LogP contribution is -2.20. The fraction of sp³-hybridized carbons (Fsp3) is 0.261. The summed E-state index contributed by atoms with van der Waals surface area (Å²) in [6.07, 6.45) is 1.59. The van der Waals surface area contributed by atoms with E-state index in [9.17, 15) is 4.79 Å². The molecule has 1 N–H and O–H groups in total. The van der Waals surface area contributed by atoms with Crippen molar-refractivity contribution >= 4 is 34.1 Å². The Morgan fingerprint density at radius 2 is 1.93 bits per heavy atom. The number of aryl methyl sites for hydroxylation is 3. The van der Waals surface area contributed by atoms with Crippen molar-refractivity contribution in [1.29, 1.82) is 0 Å². The van der Waals surface area contributed by atoms with Crippen molar-refractivity contribution in [3.05, 3.63) is 69.4 Å². The summed E-state index contributed by atoms with van der Waals surface area (Å²) in [7, 11) is 1.63. The summed E-state index contributed by atoms with van der Waals surface area (Å²) in [6, 6.07) is 9.49. The van der Waals surface area contributed by atoms with E-state index in [-0.39, 0.29) is 5.91 Å². The van der Waals surface area contributed by atoms with Crippen LogP contribution < -0.4 is 10.1 Å². The van der Waals surface area contributed by atoms with Crippen LogP contribution in [0.15, 0.2) is 40.8 Å². The number of halogens is 1. The minimum absolute atomic E-state index is 0.183. The van der Waals surface area contributed by atoms with Crippen LogP contribution in [0.4, 0.5) is 0 Å². The number of benzene rings is 2. The smallest absolute Gasteiger partial charge is 0.244 e. The topological polar surface area (TPSA) is 51.5 Å². The van der Waals surface area contributed by atoms with Crippen LogP contribution in [0.25, 0.3) is 16.5 Å². The number of methoxy groups -OCH3 is 1. The molecule has 0 unspecified atom stereocenters. The summed E-state index contributed by atoms with van der Waals surface area (Å²) in [6.45, 7) is 8.23. The molecule has 5 heteroatoms. The summed E-state index contributed by atoms with van der Waals surface area (Å²) >= 11 is 6.15. The Hall–Kier alpha value is -2.72. The first kappa shape index (κ1) is 20.0. The second-order valence-electron chi connectivity index (χ2n) is 6.88. The molecule has 1 amide bonds. The first-order valence-corrected chi connectivity index (χ1v) is 9.48. The van der Waals surface area contributed by atoms with Gasteiger partial charge in [0.1, 0.15) is 17.1 Å². The SMILES string of the molecule is COc1c(/C(C)=C/C(=O)NCc2ccccc2Cl)cc2c(C)c(C)oc2c1C. The molecule has 0 spiro atoms. The number of hydrogen-bond acceptors (Lipinski definition) is 3. The van der Waals surface area contributed by atoms with Crippen LogP contribution in [0.3, 0.4) is 0 Å². The Bertz CT molecular complexity index is 1080. The van der Waals surface area contributed by atoms with Crippen LogP contribution >= 0.6 is 11.6 Å². The average molecular weight is 398 g/mol. The molecule has 1 aromatic heterocycles. The molecule has 3 aromatic rings. The molecule has 1 heterocycles. The Morgan fingerprint density at radius 1 is 1.21 bits per heavy atom. The largest absolute Gasteiger partial charge is 0.496 e. The second kappa shape index (κ2) is 8.11. The second-order valence-corrected chi connectivity index (χ2v) is 7.29.